The molecule has 2 aromatic rings. The molecule has 148 valence electrons. The average Bonchev–Trinajstić information content (AvgIpc) is 2.75. The Morgan fingerprint density at radius 1 is 0.964 bits per heavy atom. The maximum Gasteiger partial charge on any atom is 0.254 e. The monoisotopic (exact) mass is 383 g/mol. The van der Waals surface area contributed by atoms with Crippen LogP contribution in [0, 0.1) is 5.82 Å². The molecule has 5 heteroatoms. The second-order valence-corrected chi connectivity index (χ2v) is 8.15. The molecule has 2 heterocycles. The van der Waals surface area contributed by atoms with Crippen molar-refractivity contribution in [3.8, 4) is 0 Å². The topological polar surface area (TPSA) is 29.2 Å². The maximum atomic E-state index is 13.4. The number of quaternary nitrogens is 2. The molecule has 2 saturated heterocycles. The van der Waals surface area contributed by atoms with E-state index >= 15 is 0 Å². The van der Waals surface area contributed by atoms with Crippen LogP contribution in [0.2, 0.25) is 0 Å². The number of rotatable bonds is 4. The molecule has 2 aliphatic rings. The second-order valence-electron chi connectivity index (χ2n) is 8.15. The predicted octanol–water partition coefficient (Wildman–Crippen LogP) is 0.414. The molecule has 0 saturated carbocycles. The van der Waals surface area contributed by atoms with Crippen LogP contribution >= 0.6 is 0 Å². The van der Waals surface area contributed by atoms with Gasteiger partial charge in [-0.3, -0.25) is 4.79 Å². The predicted molar refractivity (Wildman–Crippen MR) is 107 cm³/mol. The van der Waals surface area contributed by atoms with E-state index in [1.165, 1.54) is 43.6 Å². The Morgan fingerprint density at radius 3 is 2.36 bits per heavy atom. The van der Waals surface area contributed by atoms with Crippen molar-refractivity contribution < 1.29 is 19.0 Å². The Balaban J connectivity index is 1.24. The molecule has 2 fully saturated rings. The Bertz CT molecular complexity index is 781. The number of hydrogen-bond acceptors (Lipinski definition) is 1. The molecule has 0 aliphatic carbocycles. The Hall–Kier alpha value is -2.24. The molecule has 2 N–H and O–H groups in total. The van der Waals surface area contributed by atoms with Crippen molar-refractivity contribution in [2.45, 2.75) is 25.4 Å². The van der Waals surface area contributed by atoms with Crippen LogP contribution < -0.4 is 9.80 Å². The van der Waals surface area contributed by atoms with E-state index in [4.69, 9.17) is 0 Å². The summed E-state index contributed by atoms with van der Waals surface area (Å²) in [5.41, 5.74) is 1.88. The van der Waals surface area contributed by atoms with Gasteiger partial charge in [-0.2, -0.15) is 0 Å². The second kappa shape index (κ2) is 8.84. The normalized spacial score (nSPS) is 23.5. The van der Waals surface area contributed by atoms with Crippen LogP contribution in [0.15, 0.2) is 54.6 Å². The highest BCUT2D eigenvalue weighted by atomic mass is 19.1. The number of nitrogens with zero attached hydrogens (tertiary/aromatic N) is 1. The highest BCUT2D eigenvalue weighted by Crippen LogP contribution is 2.08. The van der Waals surface area contributed by atoms with Gasteiger partial charge in [-0.25, -0.2) is 4.39 Å². The SMILES string of the molecule is O=C(c1cccc(F)c1)N1CC[NH+](C2CC[NH+](Cc3ccccc3)CC2)CC1. The zero-order chi connectivity index (χ0) is 19.3. The van der Waals surface area contributed by atoms with Crippen molar-refractivity contribution in [1.29, 1.82) is 0 Å². The zero-order valence-corrected chi connectivity index (χ0v) is 16.4. The quantitative estimate of drug-likeness (QED) is 0.787. The number of halogens is 1. The number of benzene rings is 2. The minimum atomic E-state index is -0.347. The summed E-state index contributed by atoms with van der Waals surface area (Å²) in [6.45, 7) is 7.12. The standard InChI is InChI=1S/C23H28FN3O/c24-21-8-4-7-20(17-21)23(28)27-15-13-26(14-16-27)22-9-11-25(12-10-22)18-19-5-2-1-3-6-19/h1-8,17,22H,9-16,18H2/p+2. The van der Waals surface area contributed by atoms with Crippen LogP contribution in [0.4, 0.5) is 4.39 Å². The van der Waals surface area contributed by atoms with Crippen molar-refractivity contribution in [3.63, 3.8) is 0 Å². The summed E-state index contributed by atoms with van der Waals surface area (Å²) in [6.07, 6.45) is 2.52. The largest absolute Gasteiger partial charge is 0.331 e. The van der Waals surface area contributed by atoms with E-state index in [9.17, 15) is 9.18 Å². The van der Waals surface area contributed by atoms with Gasteiger partial charge in [0.15, 0.2) is 0 Å². The first-order valence-corrected chi connectivity index (χ1v) is 10.5. The van der Waals surface area contributed by atoms with Crippen molar-refractivity contribution in [1.82, 2.24) is 4.90 Å². The van der Waals surface area contributed by atoms with E-state index in [-0.39, 0.29) is 11.7 Å². The number of nitrogens with one attached hydrogen (secondary N) is 2. The molecular formula is C23H30FN3O+2. The molecule has 2 aromatic carbocycles. The summed E-state index contributed by atoms with van der Waals surface area (Å²) < 4.78 is 13.4. The van der Waals surface area contributed by atoms with Gasteiger partial charge in [-0.15, -0.1) is 0 Å². The number of hydrogen-bond donors (Lipinski definition) is 2. The van der Waals surface area contributed by atoms with Crippen LogP contribution in [0.25, 0.3) is 0 Å². The van der Waals surface area contributed by atoms with Crippen LogP contribution in [-0.4, -0.2) is 56.1 Å². The minimum absolute atomic E-state index is 0.0410. The molecule has 2 aliphatic heterocycles. The summed E-state index contributed by atoms with van der Waals surface area (Å²) in [7, 11) is 0. The van der Waals surface area contributed by atoms with Gasteiger partial charge in [0.05, 0.1) is 45.3 Å². The van der Waals surface area contributed by atoms with Crippen molar-refractivity contribution in [2.75, 3.05) is 39.3 Å². The third-order valence-corrected chi connectivity index (χ3v) is 6.33. The third-order valence-electron chi connectivity index (χ3n) is 6.33. The number of amides is 1. The number of carbonyl (C=O) groups excluding carboxylic acids is 1. The number of carbonyl (C=O) groups is 1. The molecule has 1 amide bonds. The van der Waals surface area contributed by atoms with Gasteiger partial charge in [0.25, 0.3) is 5.91 Å². The lowest BCUT2D eigenvalue weighted by molar-refractivity contribution is -0.965. The van der Waals surface area contributed by atoms with Gasteiger partial charge in [0, 0.05) is 24.0 Å². The van der Waals surface area contributed by atoms with Crippen LogP contribution in [-0.2, 0) is 6.54 Å². The molecule has 0 bridgehead atoms. The van der Waals surface area contributed by atoms with E-state index < -0.39 is 0 Å². The Morgan fingerprint density at radius 2 is 1.68 bits per heavy atom. The molecule has 0 atom stereocenters. The lowest BCUT2D eigenvalue weighted by Gasteiger charge is -2.39. The molecule has 0 radical (unpaired) electrons. The first-order valence-electron chi connectivity index (χ1n) is 10.5. The summed E-state index contributed by atoms with van der Waals surface area (Å²) >= 11 is 0. The van der Waals surface area contributed by atoms with Crippen molar-refractivity contribution in [3.05, 3.63) is 71.5 Å². The van der Waals surface area contributed by atoms with E-state index in [0.29, 0.717) is 11.6 Å². The molecular weight excluding hydrogens is 353 g/mol. The van der Waals surface area contributed by atoms with E-state index in [2.05, 4.69) is 30.3 Å². The number of piperidine rings is 1. The molecule has 0 aromatic heterocycles. The van der Waals surface area contributed by atoms with Crippen molar-refractivity contribution in [2.24, 2.45) is 0 Å². The first kappa shape index (κ1) is 19.1. The lowest BCUT2D eigenvalue weighted by atomic mass is 10.0. The first-order chi connectivity index (χ1) is 13.7. The Kier molecular flexibility index (Phi) is 6.03. The summed E-state index contributed by atoms with van der Waals surface area (Å²) in [5, 5.41) is 0. The van der Waals surface area contributed by atoms with Gasteiger partial charge in [0.2, 0.25) is 0 Å². The van der Waals surface area contributed by atoms with E-state index in [1.807, 2.05) is 4.90 Å². The van der Waals surface area contributed by atoms with Crippen LogP contribution in [0.3, 0.4) is 0 Å². The molecule has 0 spiro atoms. The fourth-order valence-electron chi connectivity index (χ4n) is 4.70. The van der Waals surface area contributed by atoms with Gasteiger partial charge in [0.1, 0.15) is 12.4 Å². The average molecular weight is 384 g/mol. The van der Waals surface area contributed by atoms with Crippen LogP contribution in [0.1, 0.15) is 28.8 Å². The number of likely N-dealkylation sites (tertiary alicyclic amines) is 1. The highest BCUT2D eigenvalue weighted by molar-refractivity contribution is 5.94. The van der Waals surface area contributed by atoms with E-state index in [0.717, 1.165) is 32.7 Å². The molecule has 0 unspecified atom stereocenters. The van der Waals surface area contributed by atoms with Gasteiger partial charge in [-0.05, 0) is 18.2 Å². The molecule has 4 rings (SSSR count). The van der Waals surface area contributed by atoms with E-state index in [1.54, 1.807) is 21.9 Å². The summed E-state index contributed by atoms with van der Waals surface area (Å²) in [6, 6.07) is 17.5. The highest BCUT2D eigenvalue weighted by Gasteiger charge is 2.33. The zero-order valence-electron chi connectivity index (χ0n) is 16.4. The van der Waals surface area contributed by atoms with Crippen LogP contribution in [0.5, 0.6) is 0 Å². The molecule has 4 nitrogen and oxygen atoms in total. The fourth-order valence-corrected chi connectivity index (χ4v) is 4.70. The van der Waals surface area contributed by atoms with Gasteiger partial charge < -0.3 is 14.7 Å². The Labute approximate surface area is 166 Å². The lowest BCUT2D eigenvalue weighted by Crippen LogP contribution is -3.21. The van der Waals surface area contributed by atoms with Gasteiger partial charge in [-0.1, -0.05) is 36.4 Å². The number of piperazine rings is 1. The molecule has 28 heavy (non-hydrogen) atoms. The van der Waals surface area contributed by atoms with Gasteiger partial charge >= 0.3 is 0 Å². The fraction of sp³-hybridized carbons (Fsp3) is 0.435. The smallest absolute Gasteiger partial charge is 0.254 e. The maximum absolute atomic E-state index is 13.4. The third kappa shape index (κ3) is 4.59. The van der Waals surface area contributed by atoms with Crippen molar-refractivity contribution >= 4 is 5.91 Å². The summed E-state index contributed by atoms with van der Waals surface area (Å²) in [5.74, 6) is -0.388. The minimum Gasteiger partial charge on any atom is -0.331 e. The summed E-state index contributed by atoms with van der Waals surface area (Å²) in [4.78, 5) is 17.8.